The lowest BCUT2D eigenvalue weighted by molar-refractivity contribution is -0.115. The van der Waals surface area contributed by atoms with Gasteiger partial charge in [0.15, 0.2) is 0 Å². The molecular weight excluding hydrogens is 315 g/mol. The lowest BCUT2D eigenvalue weighted by atomic mass is 10.1. The third-order valence-electron chi connectivity index (χ3n) is 3.51. The van der Waals surface area contributed by atoms with E-state index in [1.807, 2.05) is 24.3 Å². The van der Waals surface area contributed by atoms with Gasteiger partial charge in [0.05, 0.1) is 0 Å². The Morgan fingerprint density at radius 1 is 1.09 bits per heavy atom. The Morgan fingerprint density at radius 2 is 1.83 bits per heavy atom. The Morgan fingerprint density at radius 3 is 2.57 bits per heavy atom. The summed E-state index contributed by atoms with van der Waals surface area (Å²) in [6.07, 6.45) is 2.93. The number of aliphatic imine (C=N–C) groups is 1. The molecule has 1 amide bonds. The monoisotopic (exact) mass is 328 g/mol. The molecule has 1 N–H and O–H groups in total. The average Bonchev–Trinajstić information content (AvgIpc) is 2.89. The van der Waals surface area contributed by atoms with Crippen LogP contribution in [0.4, 0.5) is 4.39 Å². The molecule has 0 bridgehead atoms. The van der Waals surface area contributed by atoms with Gasteiger partial charge in [0.25, 0.3) is 5.91 Å². The van der Waals surface area contributed by atoms with Crippen LogP contribution in [0.25, 0.3) is 6.08 Å². The summed E-state index contributed by atoms with van der Waals surface area (Å²) in [5.41, 5.74) is 2.07. The maximum Gasteiger partial charge on any atom is 0.275 e. The highest BCUT2D eigenvalue weighted by Crippen LogP contribution is 2.18. The van der Waals surface area contributed by atoms with Gasteiger partial charge < -0.3 is 5.32 Å². The Bertz CT molecular complexity index is 797. The first-order chi connectivity index (χ1) is 11.1. The summed E-state index contributed by atoms with van der Waals surface area (Å²) in [4.78, 5) is 16.3. The predicted molar refractivity (Wildman–Crippen MR) is 89.7 cm³/mol. The Labute approximate surface area is 138 Å². The maximum atomic E-state index is 12.9. The zero-order chi connectivity index (χ0) is 16.2. The lowest BCUT2D eigenvalue weighted by Gasteiger charge is -2.03. The second-order valence-electron chi connectivity index (χ2n) is 5.19. The molecule has 0 saturated heterocycles. The number of nitrogens with zero attached hydrogens (tertiary/aromatic N) is 1. The minimum atomic E-state index is -0.313. The number of nitrogens with one attached hydrogen (secondary N) is 1. The molecule has 1 heterocycles. The number of hydrogen-bond donors (Lipinski definition) is 1. The van der Waals surface area contributed by atoms with Crippen LogP contribution in [-0.2, 0) is 11.2 Å². The highest BCUT2D eigenvalue weighted by atomic mass is 35.5. The van der Waals surface area contributed by atoms with E-state index >= 15 is 0 Å². The van der Waals surface area contributed by atoms with Crippen molar-refractivity contribution in [3.63, 3.8) is 0 Å². The third kappa shape index (κ3) is 3.85. The fourth-order valence-corrected chi connectivity index (χ4v) is 2.54. The number of carbonyl (C=O) groups is 1. The van der Waals surface area contributed by atoms with Gasteiger partial charge in [-0.25, -0.2) is 9.38 Å². The zero-order valence-electron chi connectivity index (χ0n) is 12.2. The fourth-order valence-electron chi connectivity index (χ4n) is 2.31. The van der Waals surface area contributed by atoms with E-state index in [0.717, 1.165) is 11.1 Å². The van der Waals surface area contributed by atoms with E-state index in [0.29, 0.717) is 29.4 Å². The molecule has 1 aliphatic heterocycles. The van der Waals surface area contributed by atoms with Crippen LogP contribution in [0.2, 0.25) is 5.02 Å². The lowest BCUT2D eigenvalue weighted by Crippen LogP contribution is -2.24. The van der Waals surface area contributed by atoms with Crippen molar-refractivity contribution in [1.82, 2.24) is 5.32 Å². The molecular formula is C18H14ClFN2O. The molecule has 116 valence electrons. The van der Waals surface area contributed by atoms with Gasteiger partial charge in [0, 0.05) is 11.4 Å². The SMILES string of the molecule is O=C1NC(CCc2ccccc2Cl)=N/C1=C/c1ccc(F)cc1. The molecule has 0 radical (unpaired) electrons. The fraction of sp³-hybridized carbons (Fsp3) is 0.111. The molecule has 1 aliphatic rings. The molecule has 2 aromatic carbocycles. The summed E-state index contributed by atoms with van der Waals surface area (Å²) in [5.74, 6) is 0.0544. The standard InChI is InChI=1S/C18H14ClFN2O/c19-15-4-2-1-3-13(15)7-10-17-21-16(18(23)22-17)11-12-5-8-14(20)9-6-12/h1-6,8-9,11H,7,10H2,(H,21,22,23)/b16-11+. The topological polar surface area (TPSA) is 41.5 Å². The third-order valence-corrected chi connectivity index (χ3v) is 3.88. The molecule has 0 aliphatic carbocycles. The molecule has 0 spiro atoms. The summed E-state index contributed by atoms with van der Waals surface area (Å²) in [7, 11) is 0. The van der Waals surface area contributed by atoms with Crippen LogP contribution in [0.3, 0.4) is 0 Å². The van der Waals surface area contributed by atoms with E-state index < -0.39 is 0 Å². The Hall–Kier alpha value is -2.46. The number of amides is 1. The van der Waals surface area contributed by atoms with E-state index in [9.17, 15) is 9.18 Å². The molecule has 0 aromatic heterocycles. The van der Waals surface area contributed by atoms with E-state index in [1.165, 1.54) is 12.1 Å². The number of amidine groups is 1. The van der Waals surface area contributed by atoms with E-state index in [1.54, 1.807) is 18.2 Å². The van der Waals surface area contributed by atoms with E-state index in [4.69, 9.17) is 11.6 Å². The first kappa shape index (κ1) is 15.4. The van der Waals surface area contributed by atoms with Crippen LogP contribution in [0.5, 0.6) is 0 Å². The molecule has 0 fully saturated rings. The number of rotatable bonds is 4. The van der Waals surface area contributed by atoms with Gasteiger partial charge in [-0.3, -0.25) is 4.79 Å². The van der Waals surface area contributed by atoms with Gasteiger partial charge >= 0.3 is 0 Å². The summed E-state index contributed by atoms with van der Waals surface area (Å²) in [6, 6.07) is 13.5. The van der Waals surface area contributed by atoms with Crippen molar-refractivity contribution < 1.29 is 9.18 Å². The molecule has 23 heavy (non-hydrogen) atoms. The van der Waals surface area contributed by atoms with Crippen molar-refractivity contribution >= 4 is 29.4 Å². The number of aryl methyl sites for hydroxylation is 1. The molecule has 0 unspecified atom stereocenters. The Kier molecular flexibility index (Phi) is 4.53. The second kappa shape index (κ2) is 6.75. The molecule has 0 saturated carbocycles. The van der Waals surface area contributed by atoms with Crippen LogP contribution < -0.4 is 5.32 Å². The number of hydrogen-bond acceptors (Lipinski definition) is 2. The predicted octanol–water partition coefficient (Wildman–Crippen LogP) is 3.98. The second-order valence-corrected chi connectivity index (χ2v) is 5.59. The van der Waals surface area contributed by atoms with Gasteiger partial charge in [0.1, 0.15) is 17.3 Å². The normalized spacial score (nSPS) is 15.7. The highest BCUT2D eigenvalue weighted by Gasteiger charge is 2.19. The van der Waals surface area contributed by atoms with Crippen molar-refractivity contribution in [2.75, 3.05) is 0 Å². The van der Waals surface area contributed by atoms with Gasteiger partial charge in [0.2, 0.25) is 0 Å². The number of halogens is 2. The van der Waals surface area contributed by atoms with Crippen molar-refractivity contribution in [3.05, 3.63) is 76.2 Å². The Balaban J connectivity index is 1.71. The highest BCUT2D eigenvalue weighted by molar-refractivity contribution is 6.31. The van der Waals surface area contributed by atoms with Gasteiger partial charge in [-0.1, -0.05) is 41.9 Å². The largest absolute Gasteiger partial charge is 0.309 e. The van der Waals surface area contributed by atoms with Crippen LogP contribution in [0.1, 0.15) is 17.5 Å². The summed E-state index contributed by atoms with van der Waals surface area (Å²) >= 11 is 6.12. The summed E-state index contributed by atoms with van der Waals surface area (Å²) in [6.45, 7) is 0. The quantitative estimate of drug-likeness (QED) is 0.847. The van der Waals surface area contributed by atoms with Crippen LogP contribution >= 0.6 is 11.6 Å². The molecule has 0 atom stereocenters. The van der Waals surface area contributed by atoms with Crippen molar-refractivity contribution in [1.29, 1.82) is 0 Å². The van der Waals surface area contributed by atoms with Crippen molar-refractivity contribution in [2.24, 2.45) is 4.99 Å². The maximum absolute atomic E-state index is 12.9. The molecule has 3 nitrogen and oxygen atoms in total. The van der Waals surface area contributed by atoms with Crippen molar-refractivity contribution in [2.45, 2.75) is 12.8 Å². The summed E-state index contributed by atoms with van der Waals surface area (Å²) < 4.78 is 12.9. The van der Waals surface area contributed by atoms with Gasteiger partial charge in [-0.15, -0.1) is 0 Å². The van der Waals surface area contributed by atoms with Crippen molar-refractivity contribution in [3.8, 4) is 0 Å². The first-order valence-electron chi connectivity index (χ1n) is 7.21. The average molecular weight is 329 g/mol. The smallest absolute Gasteiger partial charge is 0.275 e. The number of carbonyl (C=O) groups excluding carboxylic acids is 1. The molecule has 2 aromatic rings. The first-order valence-corrected chi connectivity index (χ1v) is 7.59. The van der Waals surface area contributed by atoms with Crippen LogP contribution in [0, 0.1) is 5.82 Å². The number of benzene rings is 2. The van der Waals surface area contributed by atoms with Crippen LogP contribution in [-0.4, -0.2) is 11.7 Å². The molecule has 5 heteroatoms. The van der Waals surface area contributed by atoms with Crippen LogP contribution in [0.15, 0.2) is 59.2 Å². The van der Waals surface area contributed by atoms with E-state index in [-0.39, 0.29) is 11.7 Å². The summed E-state index contributed by atoms with van der Waals surface area (Å²) in [5, 5.41) is 3.46. The minimum Gasteiger partial charge on any atom is -0.309 e. The van der Waals surface area contributed by atoms with Gasteiger partial charge in [-0.05, 0) is 41.8 Å². The minimum absolute atomic E-state index is 0.247. The molecule has 3 rings (SSSR count). The zero-order valence-corrected chi connectivity index (χ0v) is 13.0. The van der Waals surface area contributed by atoms with E-state index in [2.05, 4.69) is 10.3 Å². The van der Waals surface area contributed by atoms with Gasteiger partial charge in [-0.2, -0.15) is 0 Å².